The van der Waals surface area contributed by atoms with Crippen molar-refractivity contribution >= 4 is 38.9 Å². The van der Waals surface area contributed by atoms with Gasteiger partial charge in [0.2, 0.25) is 0 Å². The molecule has 0 aliphatic carbocycles. The second kappa shape index (κ2) is 12.8. The molecule has 1 amide bonds. The topological polar surface area (TPSA) is 130 Å². The van der Waals surface area contributed by atoms with Gasteiger partial charge in [-0.15, -0.1) is 10.2 Å². The number of benzene rings is 1. The van der Waals surface area contributed by atoms with E-state index in [0.29, 0.717) is 16.5 Å². The zero-order chi connectivity index (χ0) is 32.1. The number of hydrogen-bond acceptors (Lipinski definition) is 6. The predicted molar refractivity (Wildman–Crippen MR) is 168 cm³/mol. The van der Waals surface area contributed by atoms with Crippen LogP contribution in [0.15, 0.2) is 24.3 Å². The molecule has 2 heterocycles. The minimum atomic E-state index is -4.09. The lowest BCUT2D eigenvalue weighted by molar-refractivity contribution is -0.125. The second-order valence-corrected chi connectivity index (χ2v) is 13.3. The molecule has 0 atom stereocenters. The maximum Gasteiger partial charge on any atom is 0.303 e. The highest BCUT2D eigenvalue weighted by Crippen LogP contribution is 2.37. The number of anilines is 1. The fourth-order valence-electron chi connectivity index (χ4n) is 3.80. The van der Waals surface area contributed by atoms with Gasteiger partial charge in [-0.3, -0.25) is 14.6 Å². The first-order valence-corrected chi connectivity index (χ1v) is 15.0. The molecule has 43 heavy (non-hydrogen) atoms. The third-order valence-corrected chi connectivity index (χ3v) is 7.96. The van der Waals surface area contributed by atoms with Crippen LogP contribution in [0.5, 0.6) is 5.75 Å². The van der Waals surface area contributed by atoms with Crippen LogP contribution in [0.2, 0.25) is 5.02 Å². The van der Waals surface area contributed by atoms with Gasteiger partial charge in [-0.2, -0.15) is 8.42 Å². The first-order chi connectivity index (χ1) is 20.0. The SMILES string of the molecule is CC#CC#CC#CC#CS(=O)(=O)Nc1ccccc1OCC(=O)NC(C)(C)C(C)(C)c1nnc2c(Cl)c(C(C)(C)C)[nH]n12. The first-order valence-electron chi connectivity index (χ1n) is 13.1. The maximum atomic E-state index is 13.1. The van der Waals surface area contributed by atoms with E-state index >= 15 is 0 Å². The molecule has 12 heteroatoms. The van der Waals surface area contributed by atoms with E-state index < -0.39 is 26.9 Å². The lowest BCUT2D eigenvalue weighted by atomic mass is 9.73. The molecular formula is C31H33ClN6O4S. The summed E-state index contributed by atoms with van der Waals surface area (Å²) in [6.07, 6.45) is 0. The van der Waals surface area contributed by atoms with Crippen LogP contribution in [0, 0.1) is 46.7 Å². The Morgan fingerprint density at radius 3 is 2.28 bits per heavy atom. The Balaban J connectivity index is 1.73. The standard InChI is InChI=1S/C31H33ClN6O4S/c1-9-10-11-12-13-14-17-20-43(40,41)37-22-18-15-16-19-23(22)42-21-24(39)33-31(7,8)30(5,6)28-35-34-27-25(32)26(29(2,3)4)36-38(27)28/h15-16,18-19,36-37H,21H2,1-8H3,(H,33,39). The number of hydrogen-bond donors (Lipinski definition) is 3. The van der Waals surface area contributed by atoms with Gasteiger partial charge in [-0.25, -0.2) is 4.52 Å². The van der Waals surface area contributed by atoms with E-state index in [4.69, 9.17) is 16.3 Å². The van der Waals surface area contributed by atoms with Crippen molar-refractivity contribution in [3.63, 3.8) is 0 Å². The third kappa shape index (κ3) is 7.85. The molecule has 3 N–H and O–H groups in total. The van der Waals surface area contributed by atoms with Crippen LogP contribution in [-0.4, -0.2) is 46.3 Å². The smallest absolute Gasteiger partial charge is 0.303 e. The van der Waals surface area contributed by atoms with Crippen LogP contribution < -0.4 is 14.8 Å². The summed E-state index contributed by atoms with van der Waals surface area (Å²) in [5.41, 5.74) is -0.362. The van der Waals surface area contributed by atoms with Crippen molar-refractivity contribution in [2.75, 3.05) is 11.3 Å². The number of sulfonamides is 1. The second-order valence-electron chi connectivity index (χ2n) is 11.5. The van der Waals surface area contributed by atoms with E-state index in [9.17, 15) is 13.2 Å². The number of fused-ring (bicyclic) bond motifs is 1. The number of H-pyrrole nitrogens is 1. The fourth-order valence-corrected chi connectivity index (χ4v) is 4.94. The summed E-state index contributed by atoms with van der Waals surface area (Å²) in [6, 6.07) is 6.29. The molecule has 0 saturated heterocycles. The van der Waals surface area contributed by atoms with E-state index in [0.717, 1.165) is 5.69 Å². The summed E-state index contributed by atoms with van der Waals surface area (Å²) in [5, 5.41) is 17.6. The van der Waals surface area contributed by atoms with Crippen LogP contribution in [0.1, 0.15) is 66.9 Å². The van der Waals surface area contributed by atoms with Gasteiger partial charge in [-0.05, 0) is 56.6 Å². The monoisotopic (exact) mass is 620 g/mol. The van der Waals surface area contributed by atoms with E-state index in [-0.39, 0.29) is 23.5 Å². The normalized spacial score (nSPS) is 11.5. The van der Waals surface area contributed by atoms with E-state index in [2.05, 4.69) is 72.0 Å². The summed E-state index contributed by atoms with van der Waals surface area (Å²) in [4.78, 5) is 13.1. The Morgan fingerprint density at radius 2 is 1.63 bits per heavy atom. The number of nitrogens with zero attached hydrogens (tertiary/aromatic N) is 3. The number of aromatic nitrogens is 4. The average Bonchev–Trinajstić information content (AvgIpc) is 3.47. The molecule has 2 aromatic heterocycles. The highest BCUT2D eigenvalue weighted by molar-refractivity contribution is 7.97. The molecule has 10 nitrogen and oxygen atoms in total. The van der Waals surface area contributed by atoms with Crippen molar-refractivity contribution in [2.45, 2.75) is 71.8 Å². The fraction of sp³-hybridized carbons (Fsp3) is 0.387. The van der Waals surface area contributed by atoms with Gasteiger partial charge >= 0.3 is 10.0 Å². The van der Waals surface area contributed by atoms with Crippen LogP contribution in [0.3, 0.4) is 0 Å². The maximum absolute atomic E-state index is 13.1. The van der Waals surface area contributed by atoms with E-state index in [1.807, 2.05) is 48.5 Å². The Labute approximate surface area is 257 Å². The van der Waals surface area contributed by atoms with Crippen LogP contribution in [0.4, 0.5) is 5.69 Å². The Hall–Kier alpha value is -4.55. The molecule has 1 aromatic carbocycles. The molecule has 0 fully saturated rings. The highest BCUT2D eigenvalue weighted by atomic mass is 35.5. The minimum Gasteiger partial charge on any atom is -0.482 e. The number of nitrogens with one attached hydrogen (secondary N) is 3. The van der Waals surface area contributed by atoms with E-state index in [1.165, 1.54) is 12.1 Å². The van der Waals surface area contributed by atoms with Crippen molar-refractivity contribution in [2.24, 2.45) is 0 Å². The number of ether oxygens (including phenoxy) is 1. The third-order valence-electron chi connectivity index (χ3n) is 6.74. The van der Waals surface area contributed by atoms with Crippen molar-refractivity contribution in [1.29, 1.82) is 0 Å². The minimum absolute atomic E-state index is 0.110. The van der Waals surface area contributed by atoms with Gasteiger partial charge < -0.3 is 10.1 Å². The van der Waals surface area contributed by atoms with Gasteiger partial charge in [0, 0.05) is 28.2 Å². The molecule has 224 valence electrons. The lowest BCUT2D eigenvalue weighted by Crippen LogP contribution is -2.57. The zero-order valence-electron chi connectivity index (χ0n) is 25.3. The number of rotatable bonds is 8. The van der Waals surface area contributed by atoms with Crippen LogP contribution in [-0.2, 0) is 25.6 Å². The number of amides is 1. The van der Waals surface area contributed by atoms with Crippen molar-refractivity contribution < 1.29 is 17.9 Å². The molecule has 3 aromatic rings. The Bertz CT molecular complexity index is 1900. The van der Waals surface area contributed by atoms with Crippen LogP contribution in [0.25, 0.3) is 5.65 Å². The van der Waals surface area contributed by atoms with E-state index in [1.54, 1.807) is 23.6 Å². The zero-order valence-corrected chi connectivity index (χ0v) is 26.8. The summed E-state index contributed by atoms with van der Waals surface area (Å²) < 4.78 is 34.7. The quantitative estimate of drug-likeness (QED) is 0.327. The van der Waals surface area contributed by atoms with Crippen LogP contribution >= 0.6 is 11.6 Å². The molecular weight excluding hydrogens is 588 g/mol. The van der Waals surface area contributed by atoms with Gasteiger partial charge in [0.1, 0.15) is 10.8 Å². The molecule has 0 aliphatic heterocycles. The largest absolute Gasteiger partial charge is 0.482 e. The summed E-state index contributed by atoms with van der Waals surface area (Å²) in [5.74, 6) is 17.2. The summed E-state index contributed by atoms with van der Waals surface area (Å²) >= 11 is 6.60. The van der Waals surface area contributed by atoms with Crippen molar-refractivity contribution in [3.8, 4) is 52.4 Å². The number of halogens is 1. The molecule has 0 aliphatic rings. The Kier molecular flexibility index (Phi) is 9.78. The summed E-state index contributed by atoms with van der Waals surface area (Å²) in [6.45, 7) is 15.0. The number of carbonyl (C=O) groups excluding carboxylic acids is 1. The molecule has 0 unspecified atom stereocenters. The molecule has 0 saturated carbocycles. The molecule has 0 spiro atoms. The predicted octanol–water partition coefficient (Wildman–Crippen LogP) is 3.99. The molecule has 0 radical (unpaired) electrons. The van der Waals surface area contributed by atoms with Gasteiger partial charge in [0.05, 0.1) is 16.6 Å². The number of para-hydroxylation sites is 2. The summed E-state index contributed by atoms with van der Waals surface area (Å²) in [7, 11) is -4.09. The lowest BCUT2D eigenvalue weighted by Gasteiger charge is -2.40. The van der Waals surface area contributed by atoms with Gasteiger partial charge in [0.25, 0.3) is 5.91 Å². The Morgan fingerprint density at radius 1 is 1.00 bits per heavy atom. The van der Waals surface area contributed by atoms with Crippen molar-refractivity contribution in [1.82, 2.24) is 25.1 Å². The average molecular weight is 621 g/mol. The number of aromatic amines is 1. The molecule has 3 rings (SSSR count). The number of carbonyl (C=O) groups is 1. The highest BCUT2D eigenvalue weighted by Gasteiger charge is 2.44. The van der Waals surface area contributed by atoms with Gasteiger partial charge in [0.15, 0.2) is 18.1 Å². The molecule has 0 bridgehead atoms. The first kappa shape index (κ1) is 33.0. The van der Waals surface area contributed by atoms with Gasteiger partial charge in [-0.1, -0.05) is 64.3 Å². The van der Waals surface area contributed by atoms with Crippen molar-refractivity contribution in [3.05, 3.63) is 40.8 Å².